The topological polar surface area (TPSA) is 3.24 Å². The molecule has 0 aliphatic carbocycles. The van der Waals surface area contributed by atoms with Gasteiger partial charge in [0.05, 0.1) is 0 Å². The highest BCUT2D eigenvalue weighted by molar-refractivity contribution is 7.99. The molecular formula is C14H23NS. The van der Waals surface area contributed by atoms with Crippen LogP contribution in [0.25, 0.3) is 0 Å². The average molecular weight is 237 g/mol. The van der Waals surface area contributed by atoms with E-state index in [1.165, 1.54) is 30.2 Å². The van der Waals surface area contributed by atoms with Crippen molar-refractivity contribution in [3.05, 3.63) is 30.3 Å². The van der Waals surface area contributed by atoms with E-state index in [-0.39, 0.29) is 0 Å². The standard InChI is InChI=1S/C14H23NS/c1-13(2)9-10-15(3)11-12-16-14-7-5-4-6-8-14/h4-8,13H,9-12H2,1-3H3. The van der Waals surface area contributed by atoms with E-state index < -0.39 is 0 Å². The molecule has 1 aromatic rings. The Bertz CT molecular complexity index is 271. The molecule has 0 aliphatic heterocycles. The Kier molecular flexibility index (Phi) is 6.58. The van der Waals surface area contributed by atoms with E-state index in [2.05, 4.69) is 56.1 Å². The molecule has 2 heteroatoms. The smallest absolute Gasteiger partial charge is 0.0108 e. The highest BCUT2D eigenvalue weighted by Crippen LogP contribution is 2.16. The van der Waals surface area contributed by atoms with Crippen LogP contribution in [-0.4, -0.2) is 30.8 Å². The van der Waals surface area contributed by atoms with Crippen LogP contribution in [0.5, 0.6) is 0 Å². The fourth-order valence-corrected chi connectivity index (χ4v) is 2.41. The zero-order valence-corrected chi connectivity index (χ0v) is 11.5. The van der Waals surface area contributed by atoms with Gasteiger partial charge in [-0.05, 0) is 38.1 Å². The SMILES string of the molecule is CC(C)CCN(C)CCSc1ccccc1. The van der Waals surface area contributed by atoms with E-state index in [0.717, 1.165) is 5.92 Å². The Balaban J connectivity index is 2.11. The molecule has 0 spiro atoms. The molecule has 0 fully saturated rings. The number of benzene rings is 1. The molecule has 0 atom stereocenters. The summed E-state index contributed by atoms with van der Waals surface area (Å²) in [5.41, 5.74) is 0. The van der Waals surface area contributed by atoms with Crippen molar-refractivity contribution in [2.75, 3.05) is 25.9 Å². The molecule has 0 N–H and O–H groups in total. The first kappa shape index (κ1) is 13.6. The molecule has 16 heavy (non-hydrogen) atoms. The maximum atomic E-state index is 2.43. The number of hydrogen-bond donors (Lipinski definition) is 0. The molecule has 1 rings (SSSR count). The van der Waals surface area contributed by atoms with Crippen molar-refractivity contribution in [3.63, 3.8) is 0 Å². The number of rotatable bonds is 7. The van der Waals surface area contributed by atoms with Gasteiger partial charge in [0.25, 0.3) is 0 Å². The highest BCUT2D eigenvalue weighted by atomic mass is 32.2. The maximum absolute atomic E-state index is 2.43. The Morgan fingerprint density at radius 1 is 1.12 bits per heavy atom. The van der Waals surface area contributed by atoms with Gasteiger partial charge in [0, 0.05) is 17.2 Å². The van der Waals surface area contributed by atoms with Crippen LogP contribution in [0.15, 0.2) is 35.2 Å². The predicted octanol–water partition coefficient (Wildman–Crippen LogP) is 3.76. The van der Waals surface area contributed by atoms with Gasteiger partial charge in [-0.25, -0.2) is 0 Å². The molecule has 0 saturated carbocycles. The predicted molar refractivity (Wildman–Crippen MR) is 74.1 cm³/mol. The second kappa shape index (κ2) is 7.75. The van der Waals surface area contributed by atoms with Crippen molar-refractivity contribution < 1.29 is 0 Å². The van der Waals surface area contributed by atoms with Crippen molar-refractivity contribution in [3.8, 4) is 0 Å². The molecule has 90 valence electrons. The lowest BCUT2D eigenvalue weighted by Gasteiger charge is -2.17. The van der Waals surface area contributed by atoms with Gasteiger partial charge < -0.3 is 4.90 Å². The van der Waals surface area contributed by atoms with Gasteiger partial charge in [0.15, 0.2) is 0 Å². The second-order valence-electron chi connectivity index (χ2n) is 4.65. The molecule has 0 amide bonds. The van der Waals surface area contributed by atoms with Gasteiger partial charge in [-0.15, -0.1) is 11.8 Å². The summed E-state index contributed by atoms with van der Waals surface area (Å²) in [5, 5.41) is 0. The minimum atomic E-state index is 0.809. The minimum Gasteiger partial charge on any atom is -0.306 e. The van der Waals surface area contributed by atoms with Crippen LogP contribution in [0, 0.1) is 5.92 Å². The summed E-state index contributed by atoms with van der Waals surface area (Å²) in [5.74, 6) is 1.99. The third-order valence-electron chi connectivity index (χ3n) is 2.57. The van der Waals surface area contributed by atoms with E-state index in [1.807, 2.05) is 11.8 Å². The van der Waals surface area contributed by atoms with Crippen molar-refractivity contribution in [1.82, 2.24) is 4.90 Å². The van der Waals surface area contributed by atoms with E-state index in [9.17, 15) is 0 Å². The van der Waals surface area contributed by atoms with Gasteiger partial charge in [0.1, 0.15) is 0 Å². The molecule has 0 aliphatic rings. The monoisotopic (exact) mass is 237 g/mol. The molecule has 0 saturated heterocycles. The summed E-state index contributed by atoms with van der Waals surface area (Å²) in [6.45, 7) is 6.96. The summed E-state index contributed by atoms with van der Waals surface area (Å²) >= 11 is 1.94. The molecule has 0 bridgehead atoms. The summed E-state index contributed by atoms with van der Waals surface area (Å²) in [7, 11) is 2.22. The first-order valence-corrected chi connectivity index (χ1v) is 7.03. The van der Waals surface area contributed by atoms with E-state index in [1.54, 1.807) is 0 Å². The largest absolute Gasteiger partial charge is 0.306 e. The molecule has 1 nitrogen and oxygen atoms in total. The lowest BCUT2D eigenvalue weighted by atomic mass is 10.1. The first-order valence-electron chi connectivity index (χ1n) is 6.05. The molecule has 0 aromatic heterocycles. The molecule has 0 heterocycles. The van der Waals surface area contributed by atoms with Crippen molar-refractivity contribution in [1.29, 1.82) is 0 Å². The molecule has 0 radical (unpaired) electrons. The Hall–Kier alpha value is -0.470. The molecule has 1 aromatic carbocycles. The average Bonchev–Trinajstić information content (AvgIpc) is 2.28. The van der Waals surface area contributed by atoms with Gasteiger partial charge >= 0.3 is 0 Å². The fourth-order valence-electron chi connectivity index (χ4n) is 1.43. The van der Waals surface area contributed by atoms with Crippen LogP contribution in [0.3, 0.4) is 0 Å². The van der Waals surface area contributed by atoms with Gasteiger partial charge in [0.2, 0.25) is 0 Å². The maximum Gasteiger partial charge on any atom is 0.0108 e. The van der Waals surface area contributed by atoms with E-state index in [0.29, 0.717) is 0 Å². The van der Waals surface area contributed by atoms with Crippen LogP contribution in [-0.2, 0) is 0 Å². The zero-order chi connectivity index (χ0) is 11.8. The number of hydrogen-bond acceptors (Lipinski definition) is 2. The Morgan fingerprint density at radius 3 is 2.44 bits per heavy atom. The van der Waals surface area contributed by atoms with Crippen LogP contribution in [0.4, 0.5) is 0 Å². The van der Waals surface area contributed by atoms with E-state index in [4.69, 9.17) is 0 Å². The molecular weight excluding hydrogens is 214 g/mol. The third kappa shape index (κ3) is 6.19. The van der Waals surface area contributed by atoms with Crippen LogP contribution < -0.4 is 0 Å². The highest BCUT2D eigenvalue weighted by Gasteiger charge is 2.00. The van der Waals surface area contributed by atoms with Crippen LogP contribution >= 0.6 is 11.8 Å². The lowest BCUT2D eigenvalue weighted by Crippen LogP contribution is -2.23. The van der Waals surface area contributed by atoms with Crippen molar-refractivity contribution in [2.24, 2.45) is 5.92 Å². The lowest BCUT2D eigenvalue weighted by molar-refractivity contribution is 0.328. The normalized spacial score (nSPS) is 11.3. The Morgan fingerprint density at radius 2 is 1.81 bits per heavy atom. The van der Waals surface area contributed by atoms with Crippen LogP contribution in [0.2, 0.25) is 0 Å². The Labute approximate surface area is 104 Å². The number of thioether (sulfide) groups is 1. The summed E-state index contributed by atoms with van der Waals surface area (Å²) < 4.78 is 0. The first-order chi connectivity index (χ1) is 7.68. The third-order valence-corrected chi connectivity index (χ3v) is 3.57. The summed E-state index contributed by atoms with van der Waals surface area (Å²) in [6, 6.07) is 10.6. The van der Waals surface area contributed by atoms with Gasteiger partial charge in [-0.1, -0.05) is 32.0 Å². The van der Waals surface area contributed by atoms with E-state index >= 15 is 0 Å². The minimum absolute atomic E-state index is 0.809. The van der Waals surface area contributed by atoms with Crippen molar-refractivity contribution >= 4 is 11.8 Å². The quantitative estimate of drug-likeness (QED) is 0.664. The van der Waals surface area contributed by atoms with Gasteiger partial charge in [-0.2, -0.15) is 0 Å². The second-order valence-corrected chi connectivity index (χ2v) is 5.82. The van der Waals surface area contributed by atoms with Gasteiger partial charge in [-0.3, -0.25) is 0 Å². The van der Waals surface area contributed by atoms with Crippen LogP contribution in [0.1, 0.15) is 20.3 Å². The zero-order valence-electron chi connectivity index (χ0n) is 10.6. The number of nitrogens with zero attached hydrogens (tertiary/aromatic N) is 1. The fraction of sp³-hybridized carbons (Fsp3) is 0.571. The summed E-state index contributed by atoms with van der Waals surface area (Å²) in [4.78, 5) is 3.80. The van der Waals surface area contributed by atoms with Crippen molar-refractivity contribution in [2.45, 2.75) is 25.2 Å². The molecule has 0 unspecified atom stereocenters. The summed E-state index contributed by atoms with van der Waals surface area (Å²) in [6.07, 6.45) is 1.30.